The van der Waals surface area contributed by atoms with Crippen molar-refractivity contribution in [2.45, 2.75) is 31.5 Å². The van der Waals surface area contributed by atoms with Gasteiger partial charge in [0.2, 0.25) is 11.8 Å². The second-order valence-electron chi connectivity index (χ2n) is 5.23. The largest absolute Gasteiger partial charge is 0.467 e. The molecule has 10 heteroatoms. The third-order valence-electron chi connectivity index (χ3n) is 3.28. The van der Waals surface area contributed by atoms with Crippen LogP contribution in [0, 0.1) is 0 Å². The van der Waals surface area contributed by atoms with E-state index in [1.165, 1.54) is 0 Å². The lowest BCUT2D eigenvalue weighted by molar-refractivity contribution is -0.154. The Hall–Kier alpha value is -2.03. The molecule has 0 radical (unpaired) electrons. The first-order chi connectivity index (χ1) is 11.3. The van der Waals surface area contributed by atoms with Gasteiger partial charge < -0.3 is 15.4 Å². The predicted molar refractivity (Wildman–Crippen MR) is 78.9 cm³/mol. The topological polar surface area (TPSA) is 80.3 Å². The molecule has 2 amide bonds. The Morgan fingerprint density at radius 1 is 1.46 bits per heavy atom. The van der Waals surface area contributed by atoms with Crippen molar-refractivity contribution in [3.8, 4) is 5.88 Å². The zero-order valence-electron chi connectivity index (χ0n) is 12.5. The number of carbonyl (C=O) groups excluding carboxylic acids is 2. The van der Waals surface area contributed by atoms with Crippen LogP contribution in [0.4, 0.5) is 13.2 Å². The summed E-state index contributed by atoms with van der Waals surface area (Å²) >= 11 is 5.79. The number of ether oxygens (including phenoxy) is 1. The number of nitrogens with zero attached hydrogens (tertiary/aromatic N) is 1. The van der Waals surface area contributed by atoms with Gasteiger partial charge in [0.05, 0.1) is 5.56 Å². The van der Waals surface area contributed by atoms with E-state index in [2.05, 4.69) is 20.4 Å². The lowest BCUT2D eigenvalue weighted by Crippen LogP contribution is -2.45. The number of nitrogens with one attached hydrogen (secondary N) is 2. The fourth-order valence-corrected chi connectivity index (χ4v) is 2.35. The minimum absolute atomic E-state index is 0.0244. The molecule has 1 fully saturated rings. The summed E-state index contributed by atoms with van der Waals surface area (Å²) in [4.78, 5) is 27.5. The lowest BCUT2D eigenvalue weighted by atomic mass is 10.1. The molecule has 0 aromatic carbocycles. The Morgan fingerprint density at radius 2 is 2.21 bits per heavy atom. The van der Waals surface area contributed by atoms with Gasteiger partial charge in [0.25, 0.3) is 5.91 Å². The van der Waals surface area contributed by atoms with Crippen molar-refractivity contribution in [1.29, 1.82) is 0 Å². The average Bonchev–Trinajstić information content (AvgIpc) is 2.70. The van der Waals surface area contributed by atoms with Gasteiger partial charge in [-0.3, -0.25) is 9.59 Å². The molecule has 0 spiro atoms. The first-order valence-electron chi connectivity index (χ1n) is 7.20. The standard InChI is InChI=1S/C14H15ClF3N3O3/c15-9-5-8(6-20-13(9)24-7-14(16,17)18)11(22)21-10-3-1-2-4-19-12(10)23/h5-6,10H,1-4,7H2,(H,19,23)(H,21,22)/t10-/m1/s1. The molecule has 2 rings (SSSR count). The number of aromatic nitrogens is 1. The first kappa shape index (κ1) is 18.3. The fourth-order valence-electron chi connectivity index (χ4n) is 2.12. The molecule has 1 saturated heterocycles. The Morgan fingerprint density at radius 3 is 2.88 bits per heavy atom. The summed E-state index contributed by atoms with van der Waals surface area (Å²) in [7, 11) is 0. The van der Waals surface area contributed by atoms with Gasteiger partial charge in [-0.25, -0.2) is 4.98 Å². The normalized spacial score (nSPS) is 18.5. The molecule has 1 aliphatic heterocycles. The van der Waals surface area contributed by atoms with Gasteiger partial charge in [-0.15, -0.1) is 0 Å². The molecular formula is C14H15ClF3N3O3. The highest BCUT2D eigenvalue weighted by Gasteiger charge is 2.29. The van der Waals surface area contributed by atoms with E-state index < -0.39 is 30.6 Å². The molecule has 1 aliphatic rings. The minimum atomic E-state index is -4.52. The van der Waals surface area contributed by atoms with Crippen LogP contribution in [-0.4, -0.2) is 42.2 Å². The smallest absolute Gasteiger partial charge is 0.422 e. The quantitative estimate of drug-likeness (QED) is 0.856. The third-order valence-corrected chi connectivity index (χ3v) is 3.55. The summed E-state index contributed by atoms with van der Waals surface area (Å²) in [6, 6.07) is 0.476. The van der Waals surface area contributed by atoms with Gasteiger partial charge in [-0.05, 0) is 25.3 Å². The van der Waals surface area contributed by atoms with E-state index in [0.717, 1.165) is 25.1 Å². The maximum atomic E-state index is 12.1. The van der Waals surface area contributed by atoms with Crippen LogP contribution in [0.25, 0.3) is 0 Å². The van der Waals surface area contributed by atoms with Crippen molar-refractivity contribution < 1.29 is 27.5 Å². The van der Waals surface area contributed by atoms with E-state index in [-0.39, 0.29) is 16.5 Å². The Kier molecular flexibility index (Phi) is 5.87. The summed E-state index contributed by atoms with van der Waals surface area (Å²) in [5.41, 5.74) is 0.0244. The van der Waals surface area contributed by atoms with Crippen LogP contribution in [0.1, 0.15) is 29.6 Å². The van der Waals surface area contributed by atoms with E-state index >= 15 is 0 Å². The van der Waals surface area contributed by atoms with E-state index in [1.807, 2.05) is 0 Å². The van der Waals surface area contributed by atoms with Crippen LogP contribution in [0.15, 0.2) is 12.3 Å². The van der Waals surface area contributed by atoms with E-state index in [1.54, 1.807) is 0 Å². The number of pyridine rings is 1. The third kappa shape index (κ3) is 5.26. The molecule has 1 aromatic rings. The van der Waals surface area contributed by atoms with Gasteiger partial charge >= 0.3 is 6.18 Å². The zero-order chi connectivity index (χ0) is 17.7. The van der Waals surface area contributed by atoms with Crippen molar-refractivity contribution in [2.75, 3.05) is 13.2 Å². The van der Waals surface area contributed by atoms with Crippen molar-refractivity contribution in [1.82, 2.24) is 15.6 Å². The minimum Gasteiger partial charge on any atom is -0.467 e. The number of amides is 2. The summed E-state index contributed by atoms with van der Waals surface area (Å²) in [5, 5.41) is 5.01. The van der Waals surface area contributed by atoms with Gasteiger partial charge in [0, 0.05) is 12.7 Å². The molecule has 0 bridgehead atoms. The van der Waals surface area contributed by atoms with Crippen molar-refractivity contribution in [2.24, 2.45) is 0 Å². The highest BCUT2D eigenvalue weighted by molar-refractivity contribution is 6.32. The molecule has 6 nitrogen and oxygen atoms in total. The molecule has 1 aromatic heterocycles. The van der Waals surface area contributed by atoms with E-state index in [9.17, 15) is 22.8 Å². The Balaban J connectivity index is 2.02. The molecule has 0 saturated carbocycles. The maximum absolute atomic E-state index is 12.1. The SMILES string of the molecule is O=C(N[C@@H]1CCCCNC1=O)c1cnc(OCC(F)(F)F)c(Cl)c1. The van der Waals surface area contributed by atoms with Crippen LogP contribution in [0.3, 0.4) is 0 Å². The molecule has 1 atom stereocenters. The number of carbonyl (C=O) groups is 2. The highest BCUT2D eigenvalue weighted by Crippen LogP contribution is 2.25. The first-order valence-corrected chi connectivity index (χ1v) is 7.58. The van der Waals surface area contributed by atoms with Gasteiger partial charge in [0.15, 0.2) is 6.61 Å². The van der Waals surface area contributed by atoms with E-state index in [0.29, 0.717) is 13.0 Å². The fraction of sp³-hybridized carbons (Fsp3) is 0.500. The second kappa shape index (κ2) is 7.69. The summed E-state index contributed by atoms with van der Waals surface area (Å²) in [5.74, 6) is -1.28. The zero-order valence-corrected chi connectivity index (χ0v) is 13.2. The Labute approximate surface area is 140 Å². The summed E-state index contributed by atoms with van der Waals surface area (Å²) in [6.07, 6.45) is -1.36. The van der Waals surface area contributed by atoms with Gasteiger partial charge in [-0.2, -0.15) is 13.2 Å². The number of hydrogen-bond acceptors (Lipinski definition) is 4. The molecule has 0 aliphatic carbocycles. The van der Waals surface area contributed by atoms with Gasteiger partial charge in [-0.1, -0.05) is 11.6 Å². The summed E-state index contributed by atoms with van der Waals surface area (Å²) < 4.78 is 40.8. The second-order valence-corrected chi connectivity index (χ2v) is 5.63. The van der Waals surface area contributed by atoms with Crippen molar-refractivity contribution in [3.05, 3.63) is 22.8 Å². The van der Waals surface area contributed by atoms with Crippen LogP contribution >= 0.6 is 11.6 Å². The molecule has 2 heterocycles. The molecule has 24 heavy (non-hydrogen) atoms. The Bertz CT molecular complexity index is 625. The van der Waals surface area contributed by atoms with Crippen LogP contribution in [0.2, 0.25) is 5.02 Å². The average molecular weight is 366 g/mol. The molecule has 132 valence electrons. The summed E-state index contributed by atoms with van der Waals surface area (Å²) in [6.45, 7) is -0.975. The molecule has 0 unspecified atom stereocenters. The number of hydrogen-bond donors (Lipinski definition) is 2. The highest BCUT2D eigenvalue weighted by atomic mass is 35.5. The number of alkyl halides is 3. The van der Waals surface area contributed by atoms with Crippen LogP contribution in [-0.2, 0) is 4.79 Å². The maximum Gasteiger partial charge on any atom is 0.422 e. The lowest BCUT2D eigenvalue weighted by Gasteiger charge is -2.15. The monoisotopic (exact) mass is 365 g/mol. The number of halogens is 4. The van der Waals surface area contributed by atoms with Crippen molar-refractivity contribution in [3.63, 3.8) is 0 Å². The van der Waals surface area contributed by atoms with Crippen molar-refractivity contribution >= 4 is 23.4 Å². The van der Waals surface area contributed by atoms with Crippen LogP contribution in [0.5, 0.6) is 5.88 Å². The van der Waals surface area contributed by atoms with Crippen LogP contribution < -0.4 is 15.4 Å². The van der Waals surface area contributed by atoms with E-state index in [4.69, 9.17) is 11.6 Å². The predicted octanol–water partition coefficient (Wildman–Crippen LogP) is 2.07. The molecular weight excluding hydrogens is 351 g/mol. The number of rotatable bonds is 4. The van der Waals surface area contributed by atoms with Gasteiger partial charge in [0.1, 0.15) is 11.1 Å². The molecule has 2 N–H and O–H groups in total.